The van der Waals surface area contributed by atoms with E-state index in [1.165, 1.54) is 0 Å². The normalized spacial score (nSPS) is 14.6. The van der Waals surface area contributed by atoms with Gasteiger partial charge in [-0.3, -0.25) is 0 Å². The maximum Gasteiger partial charge on any atom is 0.407 e. The van der Waals surface area contributed by atoms with Crippen LogP contribution in [0, 0.1) is 5.92 Å². The molecule has 0 bridgehead atoms. The molecule has 5 heteroatoms. The summed E-state index contributed by atoms with van der Waals surface area (Å²) in [5.74, 6) is 0.305. The second kappa shape index (κ2) is 7.46. The highest BCUT2D eigenvalue weighted by Gasteiger charge is 2.21. The molecule has 0 saturated carbocycles. The summed E-state index contributed by atoms with van der Waals surface area (Å²) in [5.41, 5.74) is -0.965. The van der Waals surface area contributed by atoms with Crippen molar-refractivity contribution in [3.05, 3.63) is 0 Å². The van der Waals surface area contributed by atoms with Crippen molar-refractivity contribution >= 4 is 6.09 Å². The molecule has 0 aliphatic heterocycles. The molecule has 0 aromatic heterocycles. The topological polar surface area (TPSA) is 67.8 Å². The third-order valence-electron chi connectivity index (χ3n) is 2.01. The fourth-order valence-corrected chi connectivity index (χ4v) is 0.966. The Hall–Kier alpha value is -0.810. The highest BCUT2D eigenvalue weighted by molar-refractivity contribution is 5.67. The van der Waals surface area contributed by atoms with Crippen LogP contribution in [0.5, 0.6) is 0 Å². The molecular weight excluding hydrogens is 210 g/mol. The maximum absolute atomic E-state index is 11.2. The Balaban J connectivity index is 3.72. The summed E-state index contributed by atoms with van der Waals surface area (Å²) >= 11 is 0. The smallest absolute Gasteiger partial charge is 0.407 e. The highest BCUT2D eigenvalue weighted by Crippen LogP contribution is 2.07. The zero-order chi connectivity index (χ0) is 12.6. The maximum atomic E-state index is 11.2. The molecule has 0 rings (SSSR count). The van der Waals surface area contributed by atoms with E-state index in [2.05, 4.69) is 5.32 Å². The SMILES string of the molecule is COCCC(C)(O)CNC(=O)OCC(C)C. The average molecular weight is 233 g/mol. The van der Waals surface area contributed by atoms with Crippen LogP contribution in [-0.2, 0) is 9.47 Å². The van der Waals surface area contributed by atoms with Gasteiger partial charge in [-0.1, -0.05) is 13.8 Å². The Morgan fingerprint density at radius 2 is 2.12 bits per heavy atom. The number of ether oxygens (including phenoxy) is 2. The van der Waals surface area contributed by atoms with Gasteiger partial charge in [0.15, 0.2) is 0 Å². The Bertz CT molecular complexity index is 204. The van der Waals surface area contributed by atoms with E-state index in [-0.39, 0.29) is 6.54 Å². The van der Waals surface area contributed by atoms with Crippen LogP contribution in [0.15, 0.2) is 0 Å². The second-order valence-electron chi connectivity index (χ2n) is 4.59. The summed E-state index contributed by atoms with van der Waals surface area (Å²) in [6, 6.07) is 0. The van der Waals surface area contributed by atoms with Crippen molar-refractivity contribution in [1.29, 1.82) is 0 Å². The zero-order valence-corrected chi connectivity index (χ0v) is 10.6. The van der Waals surface area contributed by atoms with Crippen LogP contribution in [0.3, 0.4) is 0 Å². The van der Waals surface area contributed by atoms with Crippen molar-refractivity contribution in [2.75, 3.05) is 26.9 Å². The average Bonchev–Trinajstić information content (AvgIpc) is 2.21. The Morgan fingerprint density at radius 3 is 2.62 bits per heavy atom. The van der Waals surface area contributed by atoms with Gasteiger partial charge >= 0.3 is 6.09 Å². The molecule has 0 heterocycles. The lowest BCUT2D eigenvalue weighted by Gasteiger charge is -2.23. The number of methoxy groups -OCH3 is 1. The standard InChI is InChI=1S/C11H23NO4/c1-9(2)7-16-10(13)12-8-11(3,14)5-6-15-4/h9,14H,5-8H2,1-4H3,(H,12,13). The lowest BCUT2D eigenvalue weighted by molar-refractivity contribution is 0.0234. The summed E-state index contributed by atoms with van der Waals surface area (Å²) in [7, 11) is 1.57. The number of hydrogen-bond donors (Lipinski definition) is 2. The van der Waals surface area contributed by atoms with Gasteiger partial charge in [0.05, 0.1) is 12.2 Å². The minimum absolute atomic E-state index is 0.160. The first kappa shape index (κ1) is 15.2. The van der Waals surface area contributed by atoms with Crippen molar-refractivity contribution < 1.29 is 19.4 Å². The third kappa shape index (κ3) is 8.49. The zero-order valence-electron chi connectivity index (χ0n) is 10.6. The van der Waals surface area contributed by atoms with Gasteiger partial charge in [0.1, 0.15) is 0 Å². The number of carbonyl (C=O) groups is 1. The van der Waals surface area contributed by atoms with Gasteiger partial charge in [0, 0.05) is 26.7 Å². The molecule has 1 amide bonds. The van der Waals surface area contributed by atoms with Gasteiger partial charge in [-0.2, -0.15) is 0 Å². The van der Waals surface area contributed by atoms with Crippen molar-refractivity contribution in [3.8, 4) is 0 Å². The summed E-state index contributed by atoms with van der Waals surface area (Å²) in [6.07, 6.45) is -0.0279. The molecule has 0 aromatic rings. The van der Waals surface area contributed by atoms with E-state index in [9.17, 15) is 9.90 Å². The van der Waals surface area contributed by atoms with E-state index in [0.717, 1.165) is 0 Å². The van der Waals surface area contributed by atoms with Crippen molar-refractivity contribution in [2.24, 2.45) is 5.92 Å². The molecule has 0 saturated heterocycles. The van der Waals surface area contributed by atoms with E-state index in [1.807, 2.05) is 13.8 Å². The first-order valence-corrected chi connectivity index (χ1v) is 5.49. The summed E-state index contributed by atoms with van der Waals surface area (Å²) in [5, 5.41) is 12.3. The fraction of sp³-hybridized carbons (Fsp3) is 0.909. The molecule has 0 aliphatic carbocycles. The van der Waals surface area contributed by atoms with E-state index in [0.29, 0.717) is 25.6 Å². The van der Waals surface area contributed by atoms with E-state index in [1.54, 1.807) is 14.0 Å². The Kier molecular flexibility index (Phi) is 7.08. The highest BCUT2D eigenvalue weighted by atomic mass is 16.5. The van der Waals surface area contributed by atoms with Crippen LogP contribution in [0.2, 0.25) is 0 Å². The summed E-state index contributed by atoms with van der Waals surface area (Å²) < 4.78 is 9.77. The second-order valence-corrected chi connectivity index (χ2v) is 4.59. The minimum Gasteiger partial charge on any atom is -0.449 e. The number of amides is 1. The summed E-state index contributed by atoms with van der Waals surface area (Å²) in [6.45, 7) is 6.56. The fourth-order valence-electron chi connectivity index (χ4n) is 0.966. The van der Waals surface area contributed by atoms with Crippen LogP contribution >= 0.6 is 0 Å². The van der Waals surface area contributed by atoms with Gasteiger partial charge in [-0.15, -0.1) is 0 Å². The lowest BCUT2D eigenvalue weighted by atomic mass is 10.0. The molecule has 0 spiro atoms. The molecule has 0 aromatic carbocycles. The molecule has 0 fully saturated rings. The van der Waals surface area contributed by atoms with Crippen LogP contribution in [-0.4, -0.2) is 43.7 Å². The monoisotopic (exact) mass is 233 g/mol. The van der Waals surface area contributed by atoms with Crippen molar-refractivity contribution in [1.82, 2.24) is 5.32 Å². The number of nitrogens with one attached hydrogen (secondary N) is 1. The number of rotatable bonds is 7. The number of hydrogen-bond acceptors (Lipinski definition) is 4. The van der Waals surface area contributed by atoms with Gasteiger partial charge in [-0.25, -0.2) is 4.79 Å². The number of alkyl carbamates (subject to hydrolysis) is 1. The summed E-state index contributed by atoms with van der Waals surface area (Å²) in [4.78, 5) is 11.2. The molecule has 0 aliphatic rings. The van der Waals surface area contributed by atoms with Crippen molar-refractivity contribution in [2.45, 2.75) is 32.8 Å². The van der Waals surface area contributed by atoms with E-state index >= 15 is 0 Å². The van der Waals surface area contributed by atoms with Gasteiger partial charge in [-0.05, 0) is 12.8 Å². The van der Waals surface area contributed by atoms with Crippen LogP contribution in [0.4, 0.5) is 4.79 Å². The molecule has 5 nitrogen and oxygen atoms in total. The molecule has 16 heavy (non-hydrogen) atoms. The largest absolute Gasteiger partial charge is 0.449 e. The molecule has 1 unspecified atom stereocenters. The molecule has 0 radical (unpaired) electrons. The van der Waals surface area contributed by atoms with Crippen LogP contribution in [0.25, 0.3) is 0 Å². The van der Waals surface area contributed by atoms with Crippen LogP contribution in [0.1, 0.15) is 27.2 Å². The Labute approximate surface area is 97.1 Å². The van der Waals surface area contributed by atoms with E-state index < -0.39 is 11.7 Å². The van der Waals surface area contributed by atoms with Gasteiger partial charge in [0.25, 0.3) is 0 Å². The first-order valence-electron chi connectivity index (χ1n) is 5.49. The number of carbonyl (C=O) groups excluding carboxylic acids is 1. The predicted molar refractivity (Wildman–Crippen MR) is 61.3 cm³/mol. The molecular formula is C11H23NO4. The third-order valence-corrected chi connectivity index (χ3v) is 2.01. The Morgan fingerprint density at radius 1 is 1.50 bits per heavy atom. The number of aliphatic hydroxyl groups is 1. The van der Waals surface area contributed by atoms with Crippen molar-refractivity contribution in [3.63, 3.8) is 0 Å². The lowest BCUT2D eigenvalue weighted by Crippen LogP contribution is -2.41. The van der Waals surface area contributed by atoms with Gasteiger partial charge in [0.2, 0.25) is 0 Å². The molecule has 2 N–H and O–H groups in total. The van der Waals surface area contributed by atoms with E-state index in [4.69, 9.17) is 9.47 Å². The van der Waals surface area contributed by atoms with Crippen LogP contribution < -0.4 is 5.32 Å². The molecule has 96 valence electrons. The minimum atomic E-state index is -0.965. The van der Waals surface area contributed by atoms with Gasteiger partial charge < -0.3 is 19.9 Å². The quantitative estimate of drug-likeness (QED) is 0.692. The first-order chi connectivity index (χ1) is 7.37. The predicted octanol–water partition coefficient (Wildman–Crippen LogP) is 1.16. The molecule has 1 atom stereocenters.